The van der Waals surface area contributed by atoms with Crippen LogP contribution in [0.1, 0.15) is 6.42 Å². The van der Waals surface area contributed by atoms with Crippen LogP contribution in [-0.4, -0.2) is 62.5 Å². The molecular formula is C17H18ClF2N5O3S. The van der Waals surface area contributed by atoms with Gasteiger partial charge in [-0.1, -0.05) is 16.8 Å². The molecule has 3 rings (SSSR count). The van der Waals surface area contributed by atoms with Crippen molar-refractivity contribution >= 4 is 40.1 Å². The van der Waals surface area contributed by atoms with Gasteiger partial charge in [0.1, 0.15) is 18.6 Å². The molecule has 0 spiro atoms. The van der Waals surface area contributed by atoms with E-state index in [1.165, 1.54) is 29.9 Å². The Morgan fingerprint density at radius 2 is 2.31 bits per heavy atom. The fourth-order valence-corrected chi connectivity index (χ4v) is 4.28. The van der Waals surface area contributed by atoms with Crippen molar-refractivity contribution in [3.05, 3.63) is 35.9 Å². The third-order valence-electron chi connectivity index (χ3n) is 4.32. The first-order valence-corrected chi connectivity index (χ1v) is 10.4. The smallest absolute Gasteiger partial charge is 0.280 e. The largest absolute Gasteiger partial charge is 0.616 e. The molecule has 2 heterocycles. The molecule has 0 aliphatic heterocycles. The van der Waals surface area contributed by atoms with Gasteiger partial charge in [0, 0.05) is 19.7 Å². The van der Waals surface area contributed by atoms with Gasteiger partial charge >= 0.3 is 0 Å². The number of carbonyl (C=O) groups excluding carboxylic acids is 1. The van der Waals surface area contributed by atoms with Gasteiger partial charge in [-0.3, -0.25) is 9.78 Å². The number of nitrogens with zero attached hydrogens (tertiary/aromatic N) is 5. The van der Waals surface area contributed by atoms with Crippen LogP contribution < -0.4 is 4.90 Å². The Labute approximate surface area is 173 Å². The molecule has 1 aliphatic carbocycles. The molecule has 1 saturated carbocycles. The number of alkyl halides is 2. The van der Waals surface area contributed by atoms with Gasteiger partial charge in [0.05, 0.1) is 24.0 Å². The zero-order chi connectivity index (χ0) is 21.2. The quantitative estimate of drug-likeness (QED) is 0.353. The van der Waals surface area contributed by atoms with E-state index in [9.17, 15) is 18.1 Å². The Morgan fingerprint density at radius 1 is 1.59 bits per heavy atom. The summed E-state index contributed by atoms with van der Waals surface area (Å²) in [6.07, 6.45) is 4.43. The van der Waals surface area contributed by atoms with Crippen LogP contribution in [0.3, 0.4) is 0 Å². The van der Waals surface area contributed by atoms with Crippen LogP contribution >= 0.6 is 11.6 Å². The normalized spacial score (nSPS) is 19.0. The molecule has 8 nitrogen and oxygen atoms in total. The standard InChI is InChI=1S/C17H18ClF2N5O3S/c1-24(14-8-25(22-15(14)18)12-4-3-5-21-7-12)16(26)13(23-28-2)10-29(27)9-11-6-17(11,19)20/h3-5,7-8,11H,6,9-10H2,1-2H3. The summed E-state index contributed by atoms with van der Waals surface area (Å²) in [4.78, 5) is 22.7. The Kier molecular flexibility index (Phi) is 6.39. The van der Waals surface area contributed by atoms with Gasteiger partial charge in [0.15, 0.2) is 16.6 Å². The maximum Gasteiger partial charge on any atom is 0.280 e. The van der Waals surface area contributed by atoms with Gasteiger partial charge in [0.2, 0.25) is 0 Å². The van der Waals surface area contributed by atoms with Gasteiger partial charge in [-0.2, -0.15) is 5.10 Å². The van der Waals surface area contributed by atoms with Crippen LogP contribution in [0.15, 0.2) is 35.9 Å². The van der Waals surface area contributed by atoms with E-state index in [0.29, 0.717) is 5.69 Å². The third-order valence-corrected chi connectivity index (χ3v) is 5.96. The zero-order valence-electron chi connectivity index (χ0n) is 15.6. The molecule has 12 heteroatoms. The van der Waals surface area contributed by atoms with E-state index in [-0.39, 0.29) is 34.5 Å². The lowest BCUT2D eigenvalue weighted by Crippen LogP contribution is -2.38. The molecule has 2 unspecified atom stereocenters. The Hall–Kier alpha value is -2.24. The van der Waals surface area contributed by atoms with Crippen LogP contribution in [0.2, 0.25) is 5.15 Å². The molecule has 0 bridgehead atoms. The fraction of sp³-hybridized carbons (Fsp3) is 0.412. The molecule has 1 amide bonds. The van der Waals surface area contributed by atoms with E-state index >= 15 is 0 Å². The molecular weight excluding hydrogens is 428 g/mol. The Balaban J connectivity index is 1.73. The van der Waals surface area contributed by atoms with Gasteiger partial charge in [-0.15, -0.1) is 0 Å². The zero-order valence-corrected chi connectivity index (χ0v) is 17.2. The number of anilines is 1. The molecule has 0 N–H and O–H groups in total. The number of rotatable bonds is 8. The van der Waals surface area contributed by atoms with Crippen molar-refractivity contribution in [1.82, 2.24) is 14.8 Å². The molecule has 29 heavy (non-hydrogen) atoms. The predicted molar refractivity (Wildman–Crippen MR) is 105 cm³/mol. The maximum atomic E-state index is 13.0. The lowest BCUT2D eigenvalue weighted by Gasteiger charge is -2.17. The maximum absolute atomic E-state index is 13.0. The minimum absolute atomic E-state index is 0.0558. The summed E-state index contributed by atoms with van der Waals surface area (Å²) in [5, 5.41) is 7.84. The molecule has 0 radical (unpaired) electrons. The second-order valence-corrected chi connectivity index (χ2v) is 8.32. The fourth-order valence-electron chi connectivity index (χ4n) is 2.62. The number of hydrogen-bond donors (Lipinski definition) is 0. The Bertz CT molecular complexity index is 912. The number of amides is 1. The highest BCUT2D eigenvalue weighted by Crippen LogP contribution is 2.49. The topological polar surface area (TPSA) is 95.7 Å². The number of pyridine rings is 1. The number of carbonyl (C=O) groups is 1. The van der Waals surface area contributed by atoms with E-state index in [0.717, 1.165) is 0 Å². The molecule has 0 saturated heterocycles. The van der Waals surface area contributed by atoms with Gasteiger partial charge < -0.3 is 14.3 Å². The lowest BCUT2D eigenvalue weighted by atomic mass is 10.3. The predicted octanol–water partition coefficient (Wildman–Crippen LogP) is 2.29. The van der Waals surface area contributed by atoms with Gasteiger partial charge in [-0.05, 0) is 23.3 Å². The lowest BCUT2D eigenvalue weighted by molar-refractivity contribution is -0.112. The van der Waals surface area contributed by atoms with E-state index < -0.39 is 28.9 Å². The monoisotopic (exact) mass is 445 g/mol. The van der Waals surface area contributed by atoms with Crippen LogP contribution in [0, 0.1) is 5.92 Å². The van der Waals surface area contributed by atoms with Crippen LogP contribution in [0.4, 0.5) is 14.5 Å². The van der Waals surface area contributed by atoms with Gasteiger partial charge in [-0.25, -0.2) is 13.5 Å². The first kappa shape index (κ1) is 21.5. The van der Waals surface area contributed by atoms with E-state index in [1.54, 1.807) is 24.5 Å². The second kappa shape index (κ2) is 8.64. The number of aromatic nitrogens is 3. The van der Waals surface area contributed by atoms with Crippen LogP contribution in [0.5, 0.6) is 0 Å². The third kappa shape index (κ3) is 5.03. The summed E-state index contributed by atoms with van der Waals surface area (Å²) in [6, 6.07) is 3.48. The molecule has 1 aliphatic rings. The van der Waals surface area contributed by atoms with Crippen molar-refractivity contribution in [2.75, 3.05) is 30.6 Å². The van der Waals surface area contributed by atoms with Crippen molar-refractivity contribution in [1.29, 1.82) is 0 Å². The van der Waals surface area contributed by atoms with E-state index in [4.69, 9.17) is 11.6 Å². The van der Waals surface area contributed by atoms with Crippen molar-refractivity contribution in [2.24, 2.45) is 11.1 Å². The van der Waals surface area contributed by atoms with Crippen molar-refractivity contribution in [3.63, 3.8) is 0 Å². The highest BCUT2D eigenvalue weighted by Gasteiger charge is 2.59. The molecule has 1 fully saturated rings. The minimum atomic E-state index is -2.77. The average molecular weight is 446 g/mol. The Morgan fingerprint density at radius 3 is 2.90 bits per heavy atom. The summed E-state index contributed by atoms with van der Waals surface area (Å²) in [6.45, 7) is 0. The molecule has 2 aromatic heterocycles. The minimum Gasteiger partial charge on any atom is -0.616 e. The number of oxime groups is 1. The number of hydrogen-bond acceptors (Lipinski definition) is 6. The average Bonchev–Trinajstić information content (AvgIpc) is 3.09. The summed E-state index contributed by atoms with van der Waals surface area (Å²) in [5.41, 5.74) is 0.755. The highest BCUT2D eigenvalue weighted by molar-refractivity contribution is 7.92. The van der Waals surface area contributed by atoms with Crippen LogP contribution in [-0.2, 0) is 20.8 Å². The molecule has 2 aromatic rings. The molecule has 156 valence electrons. The second-order valence-electron chi connectivity index (χ2n) is 6.46. The molecule has 2 atom stereocenters. The summed E-state index contributed by atoms with van der Waals surface area (Å²) in [7, 11) is 2.68. The summed E-state index contributed by atoms with van der Waals surface area (Å²) in [5.74, 6) is -4.84. The number of halogens is 3. The summed E-state index contributed by atoms with van der Waals surface area (Å²) < 4.78 is 39.7. The first-order chi connectivity index (χ1) is 13.7. The first-order valence-electron chi connectivity index (χ1n) is 8.49. The SMILES string of the molecule is CON=C(C[S+]([O-])CC1CC1(F)F)C(=O)N(C)c1cn(-c2cccnc2)nc1Cl. The van der Waals surface area contributed by atoms with Crippen molar-refractivity contribution < 1.29 is 23.0 Å². The van der Waals surface area contributed by atoms with E-state index in [2.05, 4.69) is 20.1 Å². The highest BCUT2D eigenvalue weighted by atomic mass is 35.5. The van der Waals surface area contributed by atoms with E-state index in [1.807, 2.05) is 0 Å². The van der Waals surface area contributed by atoms with Crippen LogP contribution in [0.25, 0.3) is 5.69 Å². The van der Waals surface area contributed by atoms with Crippen molar-refractivity contribution in [3.8, 4) is 5.69 Å². The molecule has 0 aromatic carbocycles. The van der Waals surface area contributed by atoms with Crippen molar-refractivity contribution in [2.45, 2.75) is 12.3 Å². The summed E-state index contributed by atoms with van der Waals surface area (Å²) >= 11 is 4.48. The van der Waals surface area contributed by atoms with Gasteiger partial charge in [0.25, 0.3) is 11.8 Å².